The van der Waals surface area contributed by atoms with Gasteiger partial charge in [-0.05, 0) is 48.8 Å². The summed E-state index contributed by atoms with van der Waals surface area (Å²) in [5.41, 5.74) is 2.77. The highest BCUT2D eigenvalue weighted by Crippen LogP contribution is 2.57. The van der Waals surface area contributed by atoms with Crippen molar-refractivity contribution in [2.24, 2.45) is 0 Å². The van der Waals surface area contributed by atoms with Gasteiger partial charge in [-0.2, -0.15) is 0 Å². The van der Waals surface area contributed by atoms with E-state index >= 15 is 0 Å². The second-order valence-electron chi connectivity index (χ2n) is 8.66. The molecule has 1 heterocycles. The Balaban J connectivity index is 1.77. The van der Waals surface area contributed by atoms with Crippen LogP contribution in [0.5, 0.6) is 0 Å². The van der Waals surface area contributed by atoms with Crippen molar-refractivity contribution in [3.05, 3.63) is 71.3 Å². The highest BCUT2D eigenvalue weighted by molar-refractivity contribution is 5.74. The molecule has 3 nitrogen and oxygen atoms in total. The van der Waals surface area contributed by atoms with E-state index in [-0.39, 0.29) is 11.5 Å². The molecule has 2 aliphatic rings. The minimum atomic E-state index is -0.529. The van der Waals surface area contributed by atoms with Gasteiger partial charge in [-0.1, -0.05) is 68.4 Å². The van der Waals surface area contributed by atoms with E-state index in [0.29, 0.717) is 6.54 Å². The van der Waals surface area contributed by atoms with Crippen molar-refractivity contribution >= 4 is 6.09 Å². The fourth-order valence-electron chi connectivity index (χ4n) is 5.09. The molecule has 2 atom stereocenters. The predicted molar refractivity (Wildman–Crippen MR) is 103 cm³/mol. The van der Waals surface area contributed by atoms with E-state index in [4.69, 9.17) is 4.74 Å². The molecule has 3 heteroatoms. The van der Waals surface area contributed by atoms with Crippen LogP contribution >= 0.6 is 0 Å². The first-order valence-corrected chi connectivity index (χ1v) is 9.42. The van der Waals surface area contributed by atoms with Crippen LogP contribution in [0, 0.1) is 0 Å². The Morgan fingerprint density at radius 2 is 1.54 bits per heavy atom. The topological polar surface area (TPSA) is 29.5 Å². The largest absolute Gasteiger partial charge is 0.440 e. The van der Waals surface area contributed by atoms with Crippen molar-refractivity contribution in [3.8, 4) is 0 Å². The summed E-state index contributed by atoms with van der Waals surface area (Å²) in [5.74, 6) is 0. The first kappa shape index (κ1) is 17.1. The number of ether oxygens (including phenoxy) is 1. The van der Waals surface area contributed by atoms with Gasteiger partial charge in [-0.15, -0.1) is 0 Å². The maximum atomic E-state index is 12.9. The molecule has 2 unspecified atom stereocenters. The smallest absolute Gasteiger partial charge is 0.411 e. The molecule has 0 N–H and O–H groups in total. The van der Waals surface area contributed by atoms with Crippen LogP contribution in [0.1, 0.15) is 50.8 Å². The van der Waals surface area contributed by atoms with Gasteiger partial charge in [0, 0.05) is 6.54 Å². The fraction of sp³-hybridized carbons (Fsp3) is 0.435. The van der Waals surface area contributed by atoms with E-state index in [2.05, 4.69) is 64.1 Å². The average molecular weight is 349 g/mol. The summed E-state index contributed by atoms with van der Waals surface area (Å²) in [6.07, 6.45) is 1.45. The van der Waals surface area contributed by atoms with Crippen molar-refractivity contribution < 1.29 is 9.53 Å². The molecule has 1 amide bonds. The van der Waals surface area contributed by atoms with Crippen LogP contribution in [0.15, 0.2) is 54.6 Å². The third-order valence-electron chi connectivity index (χ3n) is 6.53. The third-order valence-corrected chi connectivity index (χ3v) is 6.53. The Labute approximate surface area is 156 Å². The molecular weight excluding hydrogens is 322 g/mol. The number of fused-ring (bicyclic) bond motifs is 3. The Morgan fingerprint density at radius 1 is 0.923 bits per heavy atom. The molecular formula is C23H27NO2. The summed E-state index contributed by atoms with van der Waals surface area (Å²) in [6.45, 7) is 9.43. The average Bonchev–Trinajstić information content (AvgIpc) is 2.80. The number of nitrogens with zero attached hydrogens (tertiary/aromatic N) is 1. The van der Waals surface area contributed by atoms with Gasteiger partial charge in [-0.3, -0.25) is 4.90 Å². The molecule has 1 fully saturated rings. The maximum absolute atomic E-state index is 12.9. The summed E-state index contributed by atoms with van der Waals surface area (Å²) in [4.78, 5) is 14.8. The first-order chi connectivity index (χ1) is 12.3. The van der Waals surface area contributed by atoms with E-state index in [1.165, 1.54) is 16.7 Å². The van der Waals surface area contributed by atoms with E-state index in [9.17, 15) is 4.79 Å². The number of carbonyl (C=O) groups is 1. The number of rotatable bonds is 3. The van der Waals surface area contributed by atoms with Crippen molar-refractivity contribution in [2.75, 3.05) is 6.54 Å². The highest BCUT2D eigenvalue weighted by atomic mass is 16.6. The quantitative estimate of drug-likeness (QED) is 0.777. The molecule has 0 radical (unpaired) electrons. The molecule has 26 heavy (non-hydrogen) atoms. The van der Waals surface area contributed by atoms with Gasteiger partial charge in [0.15, 0.2) is 0 Å². The van der Waals surface area contributed by atoms with Gasteiger partial charge < -0.3 is 4.74 Å². The number of carbonyl (C=O) groups excluding carboxylic acids is 1. The third kappa shape index (κ3) is 2.29. The summed E-state index contributed by atoms with van der Waals surface area (Å²) in [5, 5.41) is 0. The Hall–Kier alpha value is -2.29. The van der Waals surface area contributed by atoms with Gasteiger partial charge in [0.05, 0.1) is 0 Å². The lowest BCUT2D eigenvalue weighted by Crippen LogP contribution is -2.58. The zero-order chi connectivity index (χ0) is 18.6. The molecule has 0 spiro atoms. The zero-order valence-corrected chi connectivity index (χ0v) is 16.1. The summed E-state index contributed by atoms with van der Waals surface area (Å²) < 4.78 is 6.04. The SMILES string of the molecule is CC1(C)CC2(C)OC(=O)N(CCc3ccccc3)C2(C)c2ccccc21. The van der Waals surface area contributed by atoms with Gasteiger partial charge in [0.2, 0.25) is 0 Å². The van der Waals surface area contributed by atoms with Crippen LogP contribution in [-0.4, -0.2) is 23.1 Å². The minimum absolute atomic E-state index is 0.0272. The molecule has 1 aliphatic heterocycles. The van der Waals surface area contributed by atoms with Crippen LogP contribution in [0.2, 0.25) is 0 Å². The molecule has 0 aromatic heterocycles. The van der Waals surface area contributed by atoms with E-state index < -0.39 is 11.1 Å². The van der Waals surface area contributed by atoms with Crippen LogP contribution in [0.3, 0.4) is 0 Å². The van der Waals surface area contributed by atoms with Crippen LogP contribution < -0.4 is 0 Å². The maximum Gasteiger partial charge on any atom is 0.411 e. The molecule has 2 aromatic carbocycles. The van der Waals surface area contributed by atoms with Crippen LogP contribution in [-0.2, 0) is 22.1 Å². The van der Waals surface area contributed by atoms with Crippen LogP contribution in [0.4, 0.5) is 4.79 Å². The van der Waals surface area contributed by atoms with Gasteiger partial charge >= 0.3 is 6.09 Å². The lowest BCUT2D eigenvalue weighted by atomic mass is 9.59. The van der Waals surface area contributed by atoms with Crippen LogP contribution in [0.25, 0.3) is 0 Å². The van der Waals surface area contributed by atoms with Gasteiger partial charge in [0.25, 0.3) is 0 Å². The second kappa shape index (κ2) is 5.60. The molecule has 0 bridgehead atoms. The molecule has 1 aliphatic carbocycles. The highest BCUT2D eigenvalue weighted by Gasteiger charge is 2.65. The zero-order valence-electron chi connectivity index (χ0n) is 16.1. The predicted octanol–water partition coefficient (Wildman–Crippen LogP) is 5.04. The fourth-order valence-corrected chi connectivity index (χ4v) is 5.09. The van der Waals surface area contributed by atoms with Crippen molar-refractivity contribution in [2.45, 2.75) is 57.1 Å². The number of benzene rings is 2. The normalized spacial score (nSPS) is 29.1. The van der Waals surface area contributed by atoms with Gasteiger partial charge in [-0.25, -0.2) is 4.79 Å². The Morgan fingerprint density at radius 3 is 2.23 bits per heavy atom. The molecule has 2 aromatic rings. The summed E-state index contributed by atoms with van der Waals surface area (Å²) in [6, 6.07) is 18.9. The number of hydrogen-bond acceptors (Lipinski definition) is 2. The Bertz CT molecular complexity index is 844. The second-order valence-corrected chi connectivity index (χ2v) is 8.66. The monoisotopic (exact) mass is 349 g/mol. The standard InChI is InChI=1S/C23H27NO2/c1-21(2)16-22(3)23(4,19-13-9-8-12-18(19)21)24(20(25)26-22)15-14-17-10-6-5-7-11-17/h5-13H,14-16H2,1-4H3. The molecule has 0 saturated carbocycles. The van der Waals surface area contributed by atoms with E-state index in [0.717, 1.165) is 12.8 Å². The van der Waals surface area contributed by atoms with Crippen molar-refractivity contribution in [1.82, 2.24) is 4.90 Å². The lowest BCUT2D eigenvalue weighted by Gasteiger charge is -2.52. The molecule has 4 rings (SSSR count). The molecule has 136 valence electrons. The van der Waals surface area contributed by atoms with Gasteiger partial charge in [0.1, 0.15) is 11.1 Å². The van der Waals surface area contributed by atoms with E-state index in [1.54, 1.807) is 0 Å². The number of amides is 1. The first-order valence-electron chi connectivity index (χ1n) is 9.42. The minimum Gasteiger partial charge on any atom is -0.440 e. The lowest BCUT2D eigenvalue weighted by molar-refractivity contribution is -0.0291. The van der Waals surface area contributed by atoms with Crippen molar-refractivity contribution in [1.29, 1.82) is 0 Å². The Kier molecular flexibility index (Phi) is 3.69. The van der Waals surface area contributed by atoms with Crippen molar-refractivity contribution in [3.63, 3.8) is 0 Å². The summed E-state index contributed by atoms with van der Waals surface area (Å²) in [7, 11) is 0. The number of hydrogen-bond donors (Lipinski definition) is 0. The molecule has 1 saturated heterocycles. The van der Waals surface area contributed by atoms with E-state index in [1.807, 2.05) is 23.1 Å². The summed E-state index contributed by atoms with van der Waals surface area (Å²) >= 11 is 0.